The van der Waals surface area contributed by atoms with E-state index in [0.717, 1.165) is 12.1 Å². The number of alkyl halides is 2. The number of hydrogen-bond acceptors (Lipinski definition) is 3. The molecule has 0 saturated heterocycles. The van der Waals surface area contributed by atoms with Gasteiger partial charge >= 0.3 is 5.76 Å². The fraction of sp³-hybridized carbons (Fsp3) is 0.222. The Bertz CT molecular complexity index is 482. The van der Waals surface area contributed by atoms with Crippen molar-refractivity contribution in [2.24, 2.45) is 0 Å². The molecule has 1 amide bonds. The fourth-order valence-electron chi connectivity index (χ4n) is 1.04. The summed E-state index contributed by atoms with van der Waals surface area (Å²) < 4.78 is 46.4. The second kappa shape index (κ2) is 4.56. The van der Waals surface area contributed by atoms with Gasteiger partial charge in [0.15, 0.2) is 0 Å². The summed E-state index contributed by atoms with van der Waals surface area (Å²) in [4.78, 5) is 10.6. The molecule has 1 aromatic rings. The molecule has 1 aromatic carbocycles. The summed E-state index contributed by atoms with van der Waals surface area (Å²) in [5.74, 6) is -3.88. The van der Waals surface area contributed by atoms with Gasteiger partial charge in [0.25, 0.3) is 5.91 Å². The third-order valence-corrected chi connectivity index (χ3v) is 3.31. The Morgan fingerprint density at radius 1 is 1.25 bits per heavy atom. The van der Waals surface area contributed by atoms with E-state index in [1.54, 1.807) is 0 Å². The van der Waals surface area contributed by atoms with Crippen molar-refractivity contribution < 1.29 is 22.0 Å². The molecule has 0 aromatic heterocycles. The van der Waals surface area contributed by atoms with Crippen molar-refractivity contribution in [1.82, 2.24) is 5.32 Å². The van der Waals surface area contributed by atoms with Crippen molar-refractivity contribution >= 4 is 15.7 Å². The van der Waals surface area contributed by atoms with Crippen LogP contribution in [0.25, 0.3) is 0 Å². The Balaban J connectivity index is 3.10. The molecule has 0 aliphatic carbocycles. The van der Waals surface area contributed by atoms with Crippen LogP contribution in [0.2, 0.25) is 0 Å². The molecule has 4 nitrogen and oxygen atoms in total. The van der Waals surface area contributed by atoms with Crippen LogP contribution in [0, 0.1) is 0 Å². The van der Waals surface area contributed by atoms with Crippen LogP contribution in [0.4, 0.5) is 8.78 Å². The monoisotopic (exact) mass is 249 g/mol. The summed E-state index contributed by atoms with van der Waals surface area (Å²) in [5.41, 5.74) is 0.204. The highest BCUT2D eigenvalue weighted by Gasteiger charge is 2.26. The molecule has 16 heavy (non-hydrogen) atoms. The topological polar surface area (TPSA) is 63.2 Å². The first-order valence-electron chi connectivity index (χ1n) is 4.24. The van der Waals surface area contributed by atoms with Crippen LogP contribution >= 0.6 is 0 Å². The Labute approximate surface area is 91.2 Å². The van der Waals surface area contributed by atoms with Gasteiger partial charge < -0.3 is 5.32 Å². The molecule has 0 unspecified atom stereocenters. The van der Waals surface area contributed by atoms with Gasteiger partial charge in [-0.2, -0.15) is 8.78 Å². The van der Waals surface area contributed by atoms with Crippen LogP contribution in [0.1, 0.15) is 10.4 Å². The molecule has 0 bridgehead atoms. The van der Waals surface area contributed by atoms with E-state index in [0.29, 0.717) is 0 Å². The molecular formula is C9H9F2NO3S. The van der Waals surface area contributed by atoms with Crippen LogP contribution in [-0.2, 0) is 9.84 Å². The van der Waals surface area contributed by atoms with Gasteiger partial charge in [-0.15, -0.1) is 0 Å². The molecule has 0 aliphatic heterocycles. The lowest BCUT2D eigenvalue weighted by atomic mass is 10.2. The van der Waals surface area contributed by atoms with E-state index in [1.165, 1.54) is 19.2 Å². The van der Waals surface area contributed by atoms with Gasteiger partial charge in [-0.3, -0.25) is 4.79 Å². The van der Waals surface area contributed by atoms with Crippen LogP contribution in [0.5, 0.6) is 0 Å². The minimum absolute atomic E-state index is 0.204. The molecule has 0 spiro atoms. The molecule has 88 valence electrons. The average Bonchev–Trinajstić information content (AvgIpc) is 2.28. The van der Waals surface area contributed by atoms with E-state index in [2.05, 4.69) is 5.32 Å². The second-order valence-corrected chi connectivity index (χ2v) is 4.83. The van der Waals surface area contributed by atoms with E-state index in [-0.39, 0.29) is 5.56 Å². The number of nitrogens with one attached hydrogen (secondary N) is 1. The predicted octanol–water partition coefficient (Wildman–Crippen LogP) is 1.04. The first kappa shape index (κ1) is 12.6. The zero-order chi connectivity index (χ0) is 12.3. The smallest absolute Gasteiger partial charge is 0.341 e. The third-order valence-electron chi connectivity index (χ3n) is 1.91. The minimum Gasteiger partial charge on any atom is -0.355 e. The number of carbonyl (C=O) groups is 1. The van der Waals surface area contributed by atoms with Gasteiger partial charge in [0, 0.05) is 12.6 Å². The summed E-state index contributed by atoms with van der Waals surface area (Å²) in [6.45, 7) is 0. The lowest BCUT2D eigenvalue weighted by Crippen LogP contribution is -2.18. The fourth-order valence-corrected chi connectivity index (χ4v) is 1.76. The molecule has 1 rings (SSSR count). The van der Waals surface area contributed by atoms with Crippen LogP contribution in [-0.4, -0.2) is 27.1 Å². The molecular weight excluding hydrogens is 240 g/mol. The van der Waals surface area contributed by atoms with Gasteiger partial charge in [0.1, 0.15) is 0 Å². The molecule has 0 fully saturated rings. The maximum atomic E-state index is 12.2. The van der Waals surface area contributed by atoms with Gasteiger partial charge in [0.2, 0.25) is 9.84 Å². The van der Waals surface area contributed by atoms with Crippen molar-refractivity contribution in [3.05, 3.63) is 29.8 Å². The Morgan fingerprint density at radius 2 is 1.75 bits per heavy atom. The standard InChI is InChI=1S/C9H9F2NO3S/c1-12-8(13)6-2-4-7(5-3-6)16(14,15)9(10)11/h2-5,9H,1H3,(H,12,13). The number of benzene rings is 1. The predicted molar refractivity (Wildman–Crippen MR) is 53.0 cm³/mol. The summed E-state index contributed by atoms with van der Waals surface area (Å²) in [6, 6.07) is 4.31. The van der Waals surface area contributed by atoms with Crippen molar-refractivity contribution in [2.75, 3.05) is 7.05 Å². The molecule has 7 heteroatoms. The normalized spacial score (nSPS) is 11.5. The van der Waals surface area contributed by atoms with E-state index in [4.69, 9.17) is 0 Å². The van der Waals surface area contributed by atoms with Gasteiger partial charge in [-0.25, -0.2) is 8.42 Å². The van der Waals surface area contributed by atoms with Crippen molar-refractivity contribution in [1.29, 1.82) is 0 Å². The second-order valence-electron chi connectivity index (χ2n) is 2.91. The number of sulfone groups is 1. The minimum atomic E-state index is -4.59. The number of amides is 1. The zero-order valence-corrected chi connectivity index (χ0v) is 9.09. The van der Waals surface area contributed by atoms with Gasteiger partial charge in [0.05, 0.1) is 4.90 Å². The first-order chi connectivity index (χ1) is 7.39. The number of halogens is 2. The number of rotatable bonds is 3. The molecule has 0 saturated carbocycles. The van der Waals surface area contributed by atoms with Crippen molar-refractivity contribution in [3.8, 4) is 0 Å². The Kier molecular flexibility index (Phi) is 3.58. The molecule has 0 aliphatic rings. The van der Waals surface area contributed by atoms with Gasteiger partial charge in [-0.05, 0) is 24.3 Å². The third kappa shape index (κ3) is 2.35. The van der Waals surface area contributed by atoms with E-state index < -0.39 is 26.4 Å². The van der Waals surface area contributed by atoms with Crippen LogP contribution in [0.15, 0.2) is 29.2 Å². The van der Waals surface area contributed by atoms with E-state index in [9.17, 15) is 22.0 Å². The molecule has 0 radical (unpaired) electrons. The summed E-state index contributed by atoms with van der Waals surface area (Å²) in [7, 11) is -3.18. The largest absolute Gasteiger partial charge is 0.355 e. The Hall–Kier alpha value is -1.50. The van der Waals surface area contributed by atoms with E-state index in [1.807, 2.05) is 0 Å². The summed E-state index contributed by atoms with van der Waals surface area (Å²) in [5, 5.41) is 2.33. The highest BCUT2D eigenvalue weighted by molar-refractivity contribution is 7.91. The average molecular weight is 249 g/mol. The lowest BCUT2D eigenvalue weighted by Gasteiger charge is -2.04. The highest BCUT2D eigenvalue weighted by Crippen LogP contribution is 2.18. The first-order valence-corrected chi connectivity index (χ1v) is 5.78. The molecule has 1 N–H and O–H groups in total. The SMILES string of the molecule is CNC(=O)c1ccc(S(=O)(=O)C(F)F)cc1. The van der Waals surface area contributed by atoms with E-state index >= 15 is 0 Å². The number of hydrogen-bond donors (Lipinski definition) is 1. The molecule has 0 atom stereocenters. The Morgan fingerprint density at radius 3 is 2.12 bits per heavy atom. The summed E-state index contributed by atoms with van der Waals surface area (Å²) in [6.07, 6.45) is 0. The van der Waals surface area contributed by atoms with Crippen molar-refractivity contribution in [3.63, 3.8) is 0 Å². The zero-order valence-electron chi connectivity index (χ0n) is 8.28. The molecule has 0 heterocycles. The highest BCUT2D eigenvalue weighted by atomic mass is 32.2. The quantitative estimate of drug-likeness (QED) is 0.870. The summed E-state index contributed by atoms with van der Waals surface area (Å²) >= 11 is 0. The van der Waals surface area contributed by atoms with Gasteiger partial charge in [-0.1, -0.05) is 0 Å². The van der Waals surface area contributed by atoms with Crippen LogP contribution in [0.3, 0.4) is 0 Å². The van der Waals surface area contributed by atoms with Crippen LogP contribution < -0.4 is 5.32 Å². The maximum absolute atomic E-state index is 12.2. The lowest BCUT2D eigenvalue weighted by molar-refractivity contribution is 0.0963. The van der Waals surface area contributed by atoms with Crippen molar-refractivity contribution in [2.45, 2.75) is 10.7 Å². The number of carbonyl (C=O) groups excluding carboxylic acids is 1. The maximum Gasteiger partial charge on any atom is 0.341 e.